The van der Waals surface area contributed by atoms with Crippen molar-refractivity contribution in [2.75, 3.05) is 20.8 Å². The third kappa shape index (κ3) is 5.32. The Morgan fingerprint density at radius 2 is 1.81 bits per heavy atom. The van der Waals surface area contributed by atoms with E-state index < -0.39 is 43.3 Å². The molecule has 1 fully saturated rings. The number of carbonyl (C=O) groups excluding carboxylic acids is 1. The lowest BCUT2D eigenvalue weighted by atomic mass is 9.99. The zero-order valence-corrected chi connectivity index (χ0v) is 18.3. The summed E-state index contributed by atoms with van der Waals surface area (Å²) in [6.45, 7) is -0.287. The average molecular weight is 469 g/mol. The van der Waals surface area contributed by atoms with Crippen LogP contribution in [0.1, 0.15) is 15.9 Å². The van der Waals surface area contributed by atoms with Gasteiger partial charge in [-0.2, -0.15) is 0 Å². The van der Waals surface area contributed by atoms with Gasteiger partial charge in [0, 0.05) is 13.2 Å². The zero-order chi connectivity index (χ0) is 23.3. The smallest absolute Gasteiger partial charge is 0.342 e. The molecule has 1 heterocycles. The van der Waals surface area contributed by atoms with Crippen molar-refractivity contribution in [3.8, 4) is 11.5 Å². The number of halogens is 1. The van der Waals surface area contributed by atoms with Gasteiger partial charge < -0.3 is 39.0 Å². The predicted octanol–water partition coefficient (Wildman–Crippen LogP) is 1.54. The fourth-order valence-corrected chi connectivity index (χ4v) is 3.49. The summed E-state index contributed by atoms with van der Waals surface area (Å²) in [6, 6.07) is 12.2. The molecule has 1 aliphatic heterocycles. The van der Waals surface area contributed by atoms with E-state index in [1.807, 2.05) is 30.3 Å². The summed E-state index contributed by atoms with van der Waals surface area (Å²) in [4.78, 5) is 12.8. The number of rotatable bonds is 8. The van der Waals surface area contributed by atoms with Gasteiger partial charge in [0.05, 0.1) is 18.7 Å². The zero-order valence-electron chi connectivity index (χ0n) is 17.5. The molecule has 174 valence electrons. The Kier molecular flexibility index (Phi) is 8.30. The summed E-state index contributed by atoms with van der Waals surface area (Å²) < 4.78 is 26.9. The molecule has 0 aromatic heterocycles. The number of methoxy groups -OCH3 is 2. The van der Waals surface area contributed by atoms with Gasteiger partial charge in [0.2, 0.25) is 0 Å². The Hall–Kier alpha value is -2.40. The molecule has 0 unspecified atom stereocenters. The number of carbonyl (C=O) groups is 1. The highest BCUT2D eigenvalue weighted by molar-refractivity contribution is 6.32. The van der Waals surface area contributed by atoms with Crippen LogP contribution >= 0.6 is 11.6 Å². The number of aliphatic hydroxyl groups is 3. The topological polar surface area (TPSA) is 124 Å². The molecule has 0 spiro atoms. The second-order valence-electron chi connectivity index (χ2n) is 7.07. The van der Waals surface area contributed by atoms with E-state index >= 15 is 0 Å². The molecule has 0 bridgehead atoms. The summed E-state index contributed by atoms with van der Waals surface area (Å²) in [6.07, 6.45) is -6.68. The van der Waals surface area contributed by atoms with Crippen LogP contribution in [0.25, 0.3) is 0 Å². The Bertz CT molecular complexity index is 906. The van der Waals surface area contributed by atoms with Crippen molar-refractivity contribution in [2.24, 2.45) is 0 Å². The Morgan fingerprint density at radius 1 is 1.09 bits per heavy atom. The highest BCUT2D eigenvalue weighted by atomic mass is 35.5. The van der Waals surface area contributed by atoms with Crippen molar-refractivity contribution in [3.63, 3.8) is 0 Å². The van der Waals surface area contributed by atoms with E-state index in [0.717, 1.165) is 5.56 Å². The van der Waals surface area contributed by atoms with Gasteiger partial charge >= 0.3 is 5.97 Å². The van der Waals surface area contributed by atoms with E-state index in [-0.39, 0.29) is 22.9 Å². The Balaban J connectivity index is 1.77. The molecule has 0 aliphatic carbocycles. The third-order valence-electron chi connectivity index (χ3n) is 5.01. The van der Waals surface area contributed by atoms with Crippen LogP contribution in [-0.4, -0.2) is 72.8 Å². The number of aliphatic hydroxyl groups excluding tert-OH is 3. The van der Waals surface area contributed by atoms with Crippen molar-refractivity contribution in [1.82, 2.24) is 0 Å². The fraction of sp³-hybridized carbons (Fsp3) is 0.409. The minimum absolute atomic E-state index is 0.0228. The van der Waals surface area contributed by atoms with Crippen LogP contribution in [0.4, 0.5) is 0 Å². The molecule has 0 radical (unpaired) electrons. The Morgan fingerprint density at radius 3 is 2.44 bits per heavy atom. The first-order valence-corrected chi connectivity index (χ1v) is 10.2. The summed E-state index contributed by atoms with van der Waals surface area (Å²) in [5.41, 5.74) is 0.910. The summed E-state index contributed by atoms with van der Waals surface area (Å²) in [5, 5.41) is 29.9. The van der Waals surface area contributed by atoms with Crippen molar-refractivity contribution in [3.05, 3.63) is 58.6 Å². The molecule has 32 heavy (non-hydrogen) atoms. The molecule has 1 aliphatic rings. The van der Waals surface area contributed by atoms with E-state index in [1.54, 1.807) is 0 Å². The first-order chi connectivity index (χ1) is 15.4. The first-order valence-electron chi connectivity index (χ1n) is 9.80. The minimum Gasteiger partial charge on any atom is -0.496 e. The lowest BCUT2D eigenvalue weighted by Gasteiger charge is -2.40. The number of ether oxygens (including phenoxy) is 5. The number of hydrogen-bond acceptors (Lipinski definition) is 9. The van der Waals surface area contributed by atoms with Crippen LogP contribution in [0.3, 0.4) is 0 Å². The van der Waals surface area contributed by atoms with Gasteiger partial charge in [0.1, 0.15) is 42.0 Å². The highest BCUT2D eigenvalue weighted by Crippen LogP contribution is 2.34. The van der Waals surface area contributed by atoms with Gasteiger partial charge in [-0.15, -0.1) is 0 Å². The maximum absolute atomic E-state index is 12.8. The van der Waals surface area contributed by atoms with Gasteiger partial charge in [-0.05, 0) is 11.6 Å². The van der Waals surface area contributed by atoms with E-state index in [1.165, 1.54) is 26.4 Å². The van der Waals surface area contributed by atoms with Crippen molar-refractivity contribution in [1.29, 1.82) is 0 Å². The predicted molar refractivity (Wildman–Crippen MR) is 113 cm³/mol. The third-order valence-corrected chi connectivity index (χ3v) is 5.31. The molecule has 0 saturated carbocycles. The monoisotopic (exact) mass is 468 g/mol. The lowest BCUT2D eigenvalue weighted by molar-refractivity contribution is -0.293. The highest BCUT2D eigenvalue weighted by Gasteiger charge is 2.47. The van der Waals surface area contributed by atoms with Crippen LogP contribution in [-0.2, 0) is 20.8 Å². The van der Waals surface area contributed by atoms with Crippen LogP contribution < -0.4 is 9.47 Å². The quantitative estimate of drug-likeness (QED) is 0.495. The van der Waals surface area contributed by atoms with Crippen molar-refractivity contribution < 1.29 is 43.8 Å². The largest absolute Gasteiger partial charge is 0.496 e. The summed E-state index contributed by atoms with van der Waals surface area (Å²) in [7, 11) is 2.65. The lowest BCUT2D eigenvalue weighted by Crippen LogP contribution is -2.60. The maximum atomic E-state index is 12.8. The first kappa shape index (κ1) is 24.2. The molecule has 2 aromatic rings. The molecule has 3 N–H and O–H groups in total. The molecule has 10 heteroatoms. The molecule has 9 nitrogen and oxygen atoms in total. The molecular weight excluding hydrogens is 444 g/mol. The molecule has 0 amide bonds. The molecular formula is C22H25ClO9. The number of hydrogen-bond donors (Lipinski definition) is 3. The van der Waals surface area contributed by atoms with Gasteiger partial charge in [0.15, 0.2) is 12.4 Å². The normalized spacial score (nSPS) is 25.2. The van der Waals surface area contributed by atoms with Crippen LogP contribution in [0.15, 0.2) is 42.5 Å². The number of benzene rings is 2. The van der Waals surface area contributed by atoms with E-state index in [9.17, 15) is 20.1 Å². The second kappa shape index (κ2) is 11.0. The van der Waals surface area contributed by atoms with Gasteiger partial charge in [-0.3, -0.25) is 0 Å². The molecule has 2 aromatic carbocycles. The average Bonchev–Trinajstić information content (AvgIpc) is 2.81. The van der Waals surface area contributed by atoms with Gasteiger partial charge in [-0.25, -0.2) is 4.79 Å². The van der Waals surface area contributed by atoms with Crippen molar-refractivity contribution >= 4 is 17.6 Å². The summed E-state index contributed by atoms with van der Waals surface area (Å²) >= 11 is 6.30. The molecule has 1 saturated heterocycles. The van der Waals surface area contributed by atoms with Crippen LogP contribution in [0.2, 0.25) is 5.02 Å². The second-order valence-corrected chi connectivity index (χ2v) is 7.48. The molecule has 3 rings (SSSR count). The summed E-state index contributed by atoms with van der Waals surface area (Å²) in [5.74, 6) is -0.444. The van der Waals surface area contributed by atoms with Crippen molar-refractivity contribution in [2.45, 2.75) is 37.3 Å². The van der Waals surface area contributed by atoms with Crippen LogP contribution in [0.5, 0.6) is 11.5 Å². The van der Waals surface area contributed by atoms with Crippen LogP contribution in [0, 0.1) is 0 Å². The van der Waals surface area contributed by atoms with E-state index in [0.29, 0.717) is 5.75 Å². The van der Waals surface area contributed by atoms with E-state index in [4.69, 9.17) is 35.3 Å². The SMILES string of the molecule is COc1cc(OCc2ccccc2)c(Cl)cc1C(=O)O[C@H]1[C@@H](OC)O[C@H](CO)[C@@H](O)[C@@H]1O. The fourth-order valence-electron chi connectivity index (χ4n) is 3.27. The Labute approximate surface area is 190 Å². The maximum Gasteiger partial charge on any atom is 0.342 e. The van der Waals surface area contributed by atoms with Gasteiger partial charge in [-0.1, -0.05) is 41.9 Å². The number of esters is 1. The molecule has 5 atom stereocenters. The van der Waals surface area contributed by atoms with Gasteiger partial charge in [0.25, 0.3) is 0 Å². The van der Waals surface area contributed by atoms with E-state index in [2.05, 4.69) is 0 Å². The minimum atomic E-state index is -1.55. The standard InChI is InChI=1S/C22H25ClO9/c1-28-15-9-16(30-11-12-6-4-3-5-7-12)14(23)8-13(15)21(27)32-20-19(26)18(25)17(10-24)31-22(20)29-2/h3-9,17-20,22,24-26H,10-11H2,1-2H3/t17-,18-,19+,20-,22+/m1/s1.